The lowest BCUT2D eigenvalue weighted by molar-refractivity contribution is 0.357. The topological polar surface area (TPSA) is 3.24 Å². The third-order valence-electron chi connectivity index (χ3n) is 2.97. The molecule has 0 aliphatic rings. The van der Waals surface area contributed by atoms with Crippen LogP contribution in [0, 0.1) is 0 Å². The second kappa shape index (κ2) is 9.23. The van der Waals surface area contributed by atoms with Crippen molar-refractivity contribution < 1.29 is 0 Å². The molecule has 0 aromatic heterocycles. The molecule has 0 atom stereocenters. The van der Waals surface area contributed by atoms with Crippen LogP contribution < -0.4 is 0 Å². The Morgan fingerprint density at radius 1 is 1.06 bits per heavy atom. The first-order valence-corrected chi connectivity index (χ1v) is 6.91. The van der Waals surface area contributed by atoms with Crippen molar-refractivity contribution in [2.75, 3.05) is 20.1 Å². The highest BCUT2D eigenvalue weighted by atomic mass is 15.1. The summed E-state index contributed by atoms with van der Waals surface area (Å²) in [7, 11) is 2.17. The molecule has 0 spiro atoms. The van der Waals surface area contributed by atoms with Gasteiger partial charge in [0.25, 0.3) is 0 Å². The predicted octanol–water partition coefficient (Wildman–Crippen LogP) is 4.33. The van der Waals surface area contributed by atoms with Gasteiger partial charge in [0, 0.05) is 6.54 Å². The van der Waals surface area contributed by atoms with E-state index in [1.165, 1.54) is 11.1 Å². The molecule has 0 fully saturated rings. The summed E-state index contributed by atoms with van der Waals surface area (Å²) in [5.41, 5.74) is 2.88. The summed E-state index contributed by atoms with van der Waals surface area (Å²) in [5.74, 6) is 0.636. The van der Waals surface area contributed by atoms with E-state index in [0.29, 0.717) is 5.92 Å². The number of benzene rings is 1. The summed E-state index contributed by atoms with van der Waals surface area (Å²) < 4.78 is 0. The quantitative estimate of drug-likeness (QED) is 0.734. The third kappa shape index (κ3) is 6.48. The molecule has 0 N–H and O–H groups in total. The Morgan fingerprint density at radius 3 is 2.00 bits per heavy atom. The molecule has 0 heterocycles. The van der Waals surface area contributed by atoms with Crippen LogP contribution in [0.3, 0.4) is 0 Å². The predicted molar refractivity (Wildman–Crippen MR) is 78.8 cm³/mol. The Kier molecular flexibility index (Phi) is 8.79. The molecule has 1 aromatic carbocycles. The molecule has 0 unspecified atom stereocenters. The van der Waals surface area contributed by atoms with E-state index in [9.17, 15) is 0 Å². The van der Waals surface area contributed by atoms with Gasteiger partial charge in [-0.1, -0.05) is 58.9 Å². The Labute approximate surface area is 108 Å². The van der Waals surface area contributed by atoms with Crippen LogP contribution in [0.1, 0.15) is 51.7 Å². The van der Waals surface area contributed by atoms with E-state index in [-0.39, 0.29) is 0 Å². The van der Waals surface area contributed by atoms with E-state index in [0.717, 1.165) is 19.5 Å². The van der Waals surface area contributed by atoms with E-state index in [2.05, 4.69) is 57.0 Å². The molecule has 0 saturated carbocycles. The van der Waals surface area contributed by atoms with Crippen molar-refractivity contribution in [1.29, 1.82) is 0 Å². The second-order valence-corrected chi connectivity index (χ2v) is 4.54. The van der Waals surface area contributed by atoms with Crippen molar-refractivity contribution in [2.24, 2.45) is 0 Å². The number of likely N-dealkylation sites (N-methyl/N-ethyl adjacent to an activating group) is 1. The van der Waals surface area contributed by atoms with Crippen molar-refractivity contribution in [3.05, 3.63) is 35.4 Å². The monoisotopic (exact) mass is 235 g/mol. The molecule has 1 rings (SSSR count). The largest absolute Gasteiger partial charge is 0.306 e. The van der Waals surface area contributed by atoms with Crippen molar-refractivity contribution in [3.63, 3.8) is 0 Å². The van der Waals surface area contributed by atoms with Crippen molar-refractivity contribution in [3.8, 4) is 0 Å². The highest BCUT2D eigenvalue weighted by molar-refractivity contribution is 5.24. The summed E-state index contributed by atoms with van der Waals surface area (Å²) >= 11 is 0. The number of nitrogens with zero attached hydrogens (tertiary/aromatic N) is 1. The molecule has 98 valence electrons. The average molecular weight is 235 g/mol. The smallest absolute Gasteiger partial charge is 0.00187 e. The van der Waals surface area contributed by atoms with Gasteiger partial charge in [-0.05, 0) is 37.1 Å². The molecule has 0 saturated heterocycles. The van der Waals surface area contributed by atoms with E-state index < -0.39 is 0 Å². The van der Waals surface area contributed by atoms with Crippen LogP contribution in [-0.4, -0.2) is 25.0 Å². The van der Waals surface area contributed by atoms with Crippen molar-refractivity contribution >= 4 is 0 Å². The minimum Gasteiger partial charge on any atom is -0.306 e. The fourth-order valence-electron chi connectivity index (χ4n) is 1.55. The van der Waals surface area contributed by atoms with Crippen LogP contribution in [0.25, 0.3) is 0 Å². The van der Waals surface area contributed by atoms with Gasteiger partial charge >= 0.3 is 0 Å². The molecule has 0 amide bonds. The van der Waals surface area contributed by atoms with Gasteiger partial charge in [-0.3, -0.25) is 0 Å². The first-order valence-electron chi connectivity index (χ1n) is 6.91. The summed E-state index contributed by atoms with van der Waals surface area (Å²) in [6.07, 6.45) is 1.16. The van der Waals surface area contributed by atoms with Gasteiger partial charge < -0.3 is 4.90 Å². The van der Waals surface area contributed by atoms with Crippen LogP contribution in [-0.2, 0) is 6.42 Å². The van der Waals surface area contributed by atoms with Gasteiger partial charge in [0.2, 0.25) is 0 Å². The summed E-state index contributed by atoms with van der Waals surface area (Å²) in [6, 6.07) is 9.04. The van der Waals surface area contributed by atoms with Crippen LogP contribution in [0.2, 0.25) is 0 Å². The lowest BCUT2D eigenvalue weighted by atomic mass is 10.0. The van der Waals surface area contributed by atoms with E-state index in [4.69, 9.17) is 0 Å². The third-order valence-corrected chi connectivity index (χ3v) is 2.97. The van der Waals surface area contributed by atoms with Gasteiger partial charge in [-0.25, -0.2) is 0 Å². The van der Waals surface area contributed by atoms with Crippen molar-refractivity contribution in [2.45, 2.75) is 47.0 Å². The Bertz CT molecular complexity index is 274. The average Bonchev–Trinajstić information content (AvgIpc) is 2.38. The zero-order valence-corrected chi connectivity index (χ0v) is 12.5. The molecular weight excluding hydrogens is 206 g/mol. The van der Waals surface area contributed by atoms with Gasteiger partial charge in [0.1, 0.15) is 0 Å². The minimum absolute atomic E-state index is 0.636. The minimum atomic E-state index is 0.636. The molecule has 1 heteroatoms. The van der Waals surface area contributed by atoms with E-state index >= 15 is 0 Å². The first kappa shape index (κ1) is 16.2. The summed E-state index contributed by atoms with van der Waals surface area (Å²) in [4.78, 5) is 2.34. The van der Waals surface area contributed by atoms with Gasteiger partial charge in [0.05, 0.1) is 0 Å². The lowest BCUT2D eigenvalue weighted by Crippen LogP contribution is -2.20. The zero-order valence-electron chi connectivity index (χ0n) is 12.5. The molecule has 0 bridgehead atoms. The maximum Gasteiger partial charge on any atom is 0.00187 e. The summed E-state index contributed by atoms with van der Waals surface area (Å²) in [6.45, 7) is 12.9. The maximum absolute atomic E-state index is 2.34. The van der Waals surface area contributed by atoms with E-state index in [1.807, 2.05) is 13.8 Å². The number of hydrogen-bond donors (Lipinski definition) is 0. The fraction of sp³-hybridized carbons (Fsp3) is 0.625. The molecule has 17 heavy (non-hydrogen) atoms. The molecule has 0 aliphatic carbocycles. The van der Waals surface area contributed by atoms with E-state index in [1.54, 1.807) is 0 Å². The Hall–Kier alpha value is -0.820. The molecule has 0 radical (unpaired) electrons. The molecule has 0 aliphatic heterocycles. The first-order chi connectivity index (χ1) is 8.13. The fourth-order valence-corrected chi connectivity index (χ4v) is 1.55. The standard InChI is InChI=1S/C14H23N.C2H6/c1-5-15(4)11-10-13-6-8-14(9-7-13)12(2)3;1-2/h6-9,12H,5,10-11H2,1-4H3;1-2H3. The van der Waals surface area contributed by atoms with Crippen LogP contribution in [0.5, 0.6) is 0 Å². The van der Waals surface area contributed by atoms with Crippen LogP contribution in [0.4, 0.5) is 0 Å². The highest BCUT2D eigenvalue weighted by Crippen LogP contribution is 2.14. The normalized spacial score (nSPS) is 10.4. The summed E-state index contributed by atoms with van der Waals surface area (Å²) in [5, 5.41) is 0. The van der Waals surface area contributed by atoms with Gasteiger partial charge in [-0.15, -0.1) is 0 Å². The maximum atomic E-state index is 2.34. The Balaban J connectivity index is 0.00000121. The SMILES string of the molecule is CC.CCN(C)CCc1ccc(C(C)C)cc1. The number of hydrogen-bond acceptors (Lipinski definition) is 1. The van der Waals surface area contributed by atoms with Gasteiger partial charge in [-0.2, -0.15) is 0 Å². The molecule has 1 nitrogen and oxygen atoms in total. The van der Waals surface area contributed by atoms with Crippen LogP contribution >= 0.6 is 0 Å². The lowest BCUT2D eigenvalue weighted by Gasteiger charge is -2.13. The van der Waals surface area contributed by atoms with Gasteiger partial charge in [0.15, 0.2) is 0 Å². The second-order valence-electron chi connectivity index (χ2n) is 4.54. The Morgan fingerprint density at radius 2 is 1.59 bits per heavy atom. The van der Waals surface area contributed by atoms with Crippen LogP contribution in [0.15, 0.2) is 24.3 Å². The molecule has 1 aromatic rings. The number of rotatable bonds is 5. The zero-order chi connectivity index (χ0) is 13.3. The highest BCUT2D eigenvalue weighted by Gasteiger charge is 2.00. The molecular formula is C16H29N. The van der Waals surface area contributed by atoms with Crippen molar-refractivity contribution in [1.82, 2.24) is 4.90 Å².